The highest BCUT2D eigenvalue weighted by atomic mass is 79.9. The number of halogens is 2. The van der Waals surface area contributed by atoms with Crippen molar-refractivity contribution < 1.29 is 9.53 Å². The van der Waals surface area contributed by atoms with E-state index in [9.17, 15) is 4.79 Å². The third-order valence-corrected chi connectivity index (χ3v) is 5.69. The predicted octanol–water partition coefficient (Wildman–Crippen LogP) is 5.94. The summed E-state index contributed by atoms with van der Waals surface area (Å²) >= 11 is 9.61. The van der Waals surface area contributed by atoms with Crippen LogP contribution in [-0.2, 0) is 4.79 Å². The van der Waals surface area contributed by atoms with Crippen LogP contribution in [0.15, 0.2) is 65.1 Å². The fourth-order valence-corrected chi connectivity index (χ4v) is 3.38. The molecule has 0 atom stereocenters. The number of nitrogens with zero attached hydrogens (tertiary/aromatic N) is 3. The van der Waals surface area contributed by atoms with Gasteiger partial charge in [0.15, 0.2) is 5.60 Å². The zero-order valence-corrected chi connectivity index (χ0v) is 19.5. The average molecular weight is 500 g/mol. The molecule has 158 valence electrons. The molecule has 6 nitrogen and oxygen atoms in total. The van der Waals surface area contributed by atoms with Gasteiger partial charge in [-0.25, -0.2) is 0 Å². The van der Waals surface area contributed by atoms with Crippen LogP contribution in [0.2, 0.25) is 5.02 Å². The molecule has 1 amide bonds. The SMILES string of the molecule is Cc1ccc(-n2nc3ccc(NC(=O)C(C)(C)Oc4ccc(Br)cc4)cc3n2)cc1Cl. The first-order valence-electron chi connectivity index (χ1n) is 9.61. The summed E-state index contributed by atoms with van der Waals surface area (Å²) in [4.78, 5) is 14.4. The largest absolute Gasteiger partial charge is 0.478 e. The van der Waals surface area contributed by atoms with E-state index in [1.807, 2.05) is 43.3 Å². The Morgan fingerprint density at radius 3 is 2.45 bits per heavy atom. The van der Waals surface area contributed by atoms with Gasteiger partial charge in [-0.3, -0.25) is 4.79 Å². The van der Waals surface area contributed by atoms with Gasteiger partial charge in [0.2, 0.25) is 0 Å². The molecule has 3 aromatic carbocycles. The number of hydrogen-bond acceptors (Lipinski definition) is 4. The van der Waals surface area contributed by atoms with Crippen LogP contribution in [-0.4, -0.2) is 26.5 Å². The highest BCUT2D eigenvalue weighted by Gasteiger charge is 2.30. The first-order valence-corrected chi connectivity index (χ1v) is 10.8. The molecule has 0 aliphatic heterocycles. The van der Waals surface area contributed by atoms with E-state index in [4.69, 9.17) is 16.3 Å². The van der Waals surface area contributed by atoms with E-state index < -0.39 is 5.60 Å². The number of benzene rings is 3. The van der Waals surface area contributed by atoms with Crippen LogP contribution < -0.4 is 10.1 Å². The second-order valence-corrected chi connectivity index (χ2v) is 8.97. The Hall–Kier alpha value is -2.90. The molecule has 0 fully saturated rings. The van der Waals surface area contributed by atoms with Crippen LogP contribution in [0.5, 0.6) is 5.75 Å². The van der Waals surface area contributed by atoms with E-state index >= 15 is 0 Å². The zero-order valence-electron chi connectivity index (χ0n) is 17.2. The van der Waals surface area contributed by atoms with E-state index in [0.717, 1.165) is 15.7 Å². The molecule has 0 aliphatic carbocycles. The Morgan fingerprint density at radius 1 is 1.03 bits per heavy atom. The van der Waals surface area contributed by atoms with Gasteiger partial charge in [-0.1, -0.05) is 33.6 Å². The van der Waals surface area contributed by atoms with E-state index in [1.165, 1.54) is 4.80 Å². The van der Waals surface area contributed by atoms with Crippen molar-refractivity contribution in [2.24, 2.45) is 0 Å². The molecule has 1 N–H and O–H groups in total. The quantitative estimate of drug-likeness (QED) is 0.369. The molecule has 0 radical (unpaired) electrons. The van der Waals surface area contributed by atoms with Gasteiger partial charge >= 0.3 is 0 Å². The lowest BCUT2D eigenvalue weighted by molar-refractivity contribution is -0.128. The first kappa shape index (κ1) is 21.3. The lowest BCUT2D eigenvalue weighted by atomic mass is 10.1. The maximum absolute atomic E-state index is 12.8. The summed E-state index contributed by atoms with van der Waals surface area (Å²) < 4.78 is 6.82. The minimum absolute atomic E-state index is 0.271. The van der Waals surface area contributed by atoms with Crippen molar-refractivity contribution >= 4 is 50.2 Å². The molecule has 1 heterocycles. The third-order valence-electron chi connectivity index (χ3n) is 4.76. The van der Waals surface area contributed by atoms with Crippen molar-refractivity contribution in [3.05, 3.63) is 75.7 Å². The van der Waals surface area contributed by atoms with Crippen LogP contribution in [0.1, 0.15) is 19.4 Å². The van der Waals surface area contributed by atoms with Crippen LogP contribution in [0, 0.1) is 6.92 Å². The smallest absolute Gasteiger partial charge is 0.267 e. The van der Waals surface area contributed by atoms with Crippen molar-refractivity contribution in [3.8, 4) is 11.4 Å². The molecule has 0 bridgehead atoms. The van der Waals surface area contributed by atoms with Gasteiger partial charge in [0.1, 0.15) is 16.8 Å². The third kappa shape index (κ3) is 4.73. The van der Waals surface area contributed by atoms with E-state index in [2.05, 4.69) is 31.4 Å². The van der Waals surface area contributed by atoms with Gasteiger partial charge in [0.25, 0.3) is 5.91 Å². The van der Waals surface area contributed by atoms with E-state index in [0.29, 0.717) is 27.5 Å². The lowest BCUT2D eigenvalue weighted by Gasteiger charge is -2.25. The molecular weight excluding hydrogens is 480 g/mol. The maximum atomic E-state index is 12.8. The van der Waals surface area contributed by atoms with E-state index in [1.54, 1.807) is 38.1 Å². The normalized spacial score (nSPS) is 11.5. The molecule has 0 spiro atoms. The number of carbonyl (C=O) groups excluding carboxylic acids is 1. The van der Waals surface area contributed by atoms with Gasteiger partial charge in [0.05, 0.1) is 5.69 Å². The molecule has 8 heteroatoms. The summed E-state index contributed by atoms with van der Waals surface area (Å²) in [5.74, 6) is 0.339. The molecule has 1 aromatic heterocycles. The minimum atomic E-state index is -1.07. The van der Waals surface area contributed by atoms with Gasteiger partial charge in [-0.2, -0.15) is 4.80 Å². The Bertz CT molecular complexity index is 1270. The summed E-state index contributed by atoms with van der Waals surface area (Å²) in [6.45, 7) is 5.39. The number of hydrogen-bond donors (Lipinski definition) is 1. The summed E-state index contributed by atoms with van der Waals surface area (Å²) in [7, 11) is 0. The number of carbonyl (C=O) groups is 1. The van der Waals surface area contributed by atoms with Gasteiger partial charge in [-0.05, 0) is 80.9 Å². The molecule has 0 unspecified atom stereocenters. The number of aromatic nitrogens is 3. The van der Waals surface area contributed by atoms with Crippen molar-refractivity contribution in [2.45, 2.75) is 26.4 Å². The summed E-state index contributed by atoms with van der Waals surface area (Å²) in [6.07, 6.45) is 0. The number of anilines is 1. The number of aryl methyl sites for hydroxylation is 1. The van der Waals surface area contributed by atoms with Crippen molar-refractivity contribution in [1.29, 1.82) is 0 Å². The summed E-state index contributed by atoms with van der Waals surface area (Å²) in [6, 6.07) is 18.4. The number of rotatable bonds is 5. The van der Waals surface area contributed by atoms with Crippen molar-refractivity contribution in [1.82, 2.24) is 15.0 Å². The highest BCUT2D eigenvalue weighted by Crippen LogP contribution is 2.24. The fraction of sp³-hybridized carbons (Fsp3) is 0.174. The van der Waals surface area contributed by atoms with Crippen molar-refractivity contribution in [3.63, 3.8) is 0 Å². The van der Waals surface area contributed by atoms with Crippen LogP contribution in [0.3, 0.4) is 0 Å². The molecule has 4 aromatic rings. The van der Waals surface area contributed by atoms with Crippen LogP contribution in [0.4, 0.5) is 5.69 Å². The molecule has 0 saturated heterocycles. The van der Waals surface area contributed by atoms with Crippen molar-refractivity contribution in [2.75, 3.05) is 5.32 Å². The van der Waals surface area contributed by atoms with E-state index in [-0.39, 0.29) is 5.91 Å². The zero-order chi connectivity index (χ0) is 22.2. The average Bonchev–Trinajstić information content (AvgIpc) is 3.15. The summed E-state index contributed by atoms with van der Waals surface area (Å²) in [5.41, 5.74) is 2.65. The maximum Gasteiger partial charge on any atom is 0.267 e. The topological polar surface area (TPSA) is 69.0 Å². The molecule has 0 aliphatic rings. The molecule has 0 saturated carbocycles. The monoisotopic (exact) mass is 498 g/mol. The highest BCUT2D eigenvalue weighted by molar-refractivity contribution is 9.10. The van der Waals surface area contributed by atoms with Crippen LogP contribution >= 0.6 is 27.5 Å². The standard InChI is InChI=1S/C23H20BrClN4O2/c1-14-4-8-17(13-19(14)25)29-27-20-11-7-16(12-21(20)28-29)26-22(30)23(2,3)31-18-9-5-15(24)6-10-18/h4-13H,1-3H3,(H,26,30). The second kappa shape index (κ2) is 8.32. The first-order chi connectivity index (χ1) is 14.7. The number of nitrogens with one attached hydrogen (secondary N) is 1. The molecule has 4 rings (SSSR count). The van der Waals surface area contributed by atoms with Crippen LogP contribution in [0.25, 0.3) is 16.7 Å². The second-order valence-electron chi connectivity index (χ2n) is 7.65. The Kier molecular flexibility index (Phi) is 5.73. The fourth-order valence-electron chi connectivity index (χ4n) is 2.94. The summed E-state index contributed by atoms with van der Waals surface area (Å²) in [5, 5.41) is 12.6. The molecular formula is C23H20BrClN4O2. The Balaban J connectivity index is 1.53. The number of ether oxygens (including phenoxy) is 1. The molecule has 31 heavy (non-hydrogen) atoms. The van der Waals surface area contributed by atoms with Gasteiger partial charge < -0.3 is 10.1 Å². The van der Waals surface area contributed by atoms with Gasteiger partial charge in [-0.15, -0.1) is 10.2 Å². The lowest BCUT2D eigenvalue weighted by Crippen LogP contribution is -2.42. The Morgan fingerprint density at radius 2 is 1.74 bits per heavy atom. The Labute approximate surface area is 193 Å². The number of amides is 1. The predicted molar refractivity (Wildman–Crippen MR) is 126 cm³/mol. The van der Waals surface area contributed by atoms with Gasteiger partial charge in [0, 0.05) is 15.2 Å². The minimum Gasteiger partial charge on any atom is -0.478 e. The number of fused-ring (bicyclic) bond motifs is 1.